The van der Waals surface area contributed by atoms with E-state index in [1.807, 2.05) is 37.3 Å². The maximum Gasteiger partial charge on any atom is 0.185 e. The summed E-state index contributed by atoms with van der Waals surface area (Å²) in [5, 5.41) is 4.18. The number of methoxy groups -OCH3 is 1. The summed E-state index contributed by atoms with van der Waals surface area (Å²) in [6.45, 7) is 1.88. The van der Waals surface area contributed by atoms with Gasteiger partial charge in [-0.1, -0.05) is 12.1 Å². The third kappa shape index (κ3) is 2.59. The number of aryl methyl sites for hydroxylation is 2. The average molecular weight is 244 g/mol. The Kier molecular flexibility index (Phi) is 3.46. The first-order chi connectivity index (χ1) is 8.60. The highest BCUT2D eigenvalue weighted by molar-refractivity contribution is 5.96. The molecule has 0 amide bonds. The average Bonchev–Trinajstić information content (AvgIpc) is 2.69. The number of carbonyl (C=O) groups is 1. The number of Topliss-reactive ketones (excluding diaryl/α,β-unsaturated/α-hetero) is 1. The van der Waals surface area contributed by atoms with E-state index in [4.69, 9.17) is 4.74 Å². The van der Waals surface area contributed by atoms with E-state index in [2.05, 4.69) is 5.10 Å². The van der Waals surface area contributed by atoms with Crippen molar-refractivity contribution in [2.24, 2.45) is 7.05 Å². The van der Waals surface area contributed by atoms with E-state index in [-0.39, 0.29) is 5.78 Å². The van der Waals surface area contributed by atoms with Gasteiger partial charge in [0.25, 0.3) is 0 Å². The van der Waals surface area contributed by atoms with E-state index in [0.717, 1.165) is 17.0 Å². The number of ketones is 1. The molecule has 1 heterocycles. The number of hydrogen-bond acceptors (Lipinski definition) is 3. The molecule has 0 N–H and O–H groups in total. The molecule has 0 atom stereocenters. The second-order valence-electron chi connectivity index (χ2n) is 4.25. The second kappa shape index (κ2) is 5.04. The molecular weight excluding hydrogens is 228 g/mol. The highest BCUT2D eigenvalue weighted by atomic mass is 16.5. The van der Waals surface area contributed by atoms with Crippen molar-refractivity contribution in [2.75, 3.05) is 7.11 Å². The second-order valence-corrected chi connectivity index (χ2v) is 4.25. The van der Waals surface area contributed by atoms with Crippen LogP contribution in [0.4, 0.5) is 0 Å². The smallest absolute Gasteiger partial charge is 0.185 e. The Morgan fingerprint density at radius 1 is 1.39 bits per heavy atom. The summed E-state index contributed by atoms with van der Waals surface area (Å²) >= 11 is 0. The first kappa shape index (κ1) is 12.4. The largest absolute Gasteiger partial charge is 0.497 e. The van der Waals surface area contributed by atoms with E-state index < -0.39 is 0 Å². The van der Waals surface area contributed by atoms with Crippen molar-refractivity contribution in [2.45, 2.75) is 13.3 Å². The molecule has 0 fully saturated rings. The van der Waals surface area contributed by atoms with Gasteiger partial charge in [-0.25, -0.2) is 0 Å². The topological polar surface area (TPSA) is 44.1 Å². The lowest BCUT2D eigenvalue weighted by atomic mass is 10.1. The van der Waals surface area contributed by atoms with Crippen LogP contribution in [0.25, 0.3) is 0 Å². The molecule has 2 rings (SSSR count). The van der Waals surface area contributed by atoms with E-state index in [1.54, 1.807) is 18.8 Å². The zero-order valence-electron chi connectivity index (χ0n) is 10.8. The third-order valence-corrected chi connectivity index (χ3v) is 2.79. The number of aromatic nitrogens is 2. The summed E-state index contributed by atoms with van der Waals surface area (Å²) in [5.41, 5.74) is 2.43. The number of carbonyl (C=O) groups excluding carboxylic acids is 1. The molecule has 0 aliphatic heterocycles. The molecule has 2 aromatic rings. The predicted octanol–water partition coefficient (Wildman–Crippen LogP) is 2.16. The Labute approximate surface area is 106 Å². The first-order valence-electron chi connectivity index (χ1n) is 5.77. The van der Waals surface area contributed by atoms with E-state index >= 15 is 0 Å². The van der Waals surface area contributed by atoms with Gasteiger partial charge in [0.05, 0.1) is 12.8 Å². The number of benzene rings is 1. The molecule has 4 heteroatoms. The van der Waals surface area contributed by atoms with Crippen molar-refractivity contribution in [3.63, 3.8) is 0 Å². The van der Waals surface area contributed by atoms with Crippen molar-refractivity contribution < 1.29 is 9.53 Å². The molecule has 0 radical (unpaired) electrons. The number of rotatable bonds is 4. The van der Waals surface area contributed by atoms with Crippen LogP contribution in [0.3, 0.4) is 0 Å². The third-order valence-electron chi connectivity index (χ3n) is 2.79. The molecule has 1 aromatic heterocycles. The van der Waals surface area contributed by atoms with E-state index in [0.29, 0.717) is 12.1 Å². The maximum atomic E-state index is 12.1. The molecule has 0 aliphatic carbocycles. The molecule has 0 saturated heterocycles. The zero-order valence-corrected chi connectivity index (χ0v) is 10.8. The monoisotopic (exact) mass is 244 g/mol. The van der Waals surface area contributed by atoms with Crippen LogP contribution in [0, 0.1) is 6.92 Å². The molecule has 0 unspecified atom stereocenters. The fraction of sp³-hybridized carbons (Fsp3) is 0.286. The van der Waals surface area contributed by atoms with Gasteiger partial charge in [0.2, 0.25) is 0 Å². The molecule has 18 heavy (non-hydrogen) atoms. The fourth-order valence-electron chi connectivity index (χ4n) is 1.93. The van der Waals surface area contributed by atoms with Crippen molar-refractivity contribution >= 4 is 5.78 Å². The zero-order chi connectivity index (χ0) is 13.1. The normalized spacial score (nSPS) is 10.4. The van der Waals surface area contributed by atoms with Crippen LogP contribution in [-0.2, 0) is 13.5 Å². The molecule has 1 aromatic carbocycles. The summed E-state index contributed by atoms with van der Waals surface area (Å²) in [6.07, 6.45) is 0.357. The molecule has 0 aliphatic rings. The van der Waals surface area contributed by atoms with Gasteiger partial charge in [-0.2, -0.15) is 5.10 Å². The molecule has 0 bridgehead atoms. The summed E-state index contributed by atoms with van der Waals surface area (Å²) in [6, 6.07) is 9.35. The number of nitrogens with zero attached hydrogens (tertiary/aromatic N) is 2. The molecule has 0 spiro atoms. The lowest BCUT2D eigenvalue weighted by Gasteiger charge is -2.04. The Balaban J connectivity index is 2.18. The van der Waals surface area contributed by atoms with Gasteiger partial charge in [0.15, 0.2) is 5.78 Å². The molecule has 0 saturated carbocycles. The minimum Gasteiger partial charge on any atom is -0.497 e. The van der Waals surface area contributed by atoms with Crippen LogP contribution in [0.5, 0.6) is 5.75 Å². The minimum atomic E-state index is 0.0614. The van der Waals surface area contributed by atoms with Crippen molar-refractivity contribution in [3.8, 4) is 5.75 Å². The Morgan fingerprint density at radius 2 is 2.17 bits per heavy atom. The Hall–Kier alpha value is -2.10. The lowest BCUT2D eigenvalue weighted by molar-refractivity contribution is 0.0984. The van der Waals surface area contributed by atoms with Crippen LogP contribution in [0.15, 0.2) is 30.3 Å². The van der Waals surface area contributed by atoms with E-state index in [1.165, 1.54) is 0 Å². The van der Waals surface area contributed by atoms with E-state index in [9.17, 15) is 4.79 Å². The minimum absolute atomic E-state index is 0.0614. The van der Waals surface area contributed by atoms with Crippen LogP contribution in [0.1, 0.15) is 21.7 Å². The van der Waals surface area contributed by atoms with Crippen LogP contribution in [0.2, 0.25) is 0 Å². The molecule has 4 nitrogen and oxygen atoms in total. The summed E-state index contributed by atoms with van der Waals surface area (Å²) in [4.78, 5) is 12.1. The van der Waals surface area contributed by atoms with Crippen molar-refractivity contribution in [3.05, 3.63) is 47.3 Å². The van der Waals surface area contributed by atoms with Gasteiger partial charge in [-0.3, -0.25) is 9.48 Å². The van der Waals surface area contributed by atoms with Gasteiger partial charge >= 0.3 is 0 Å². The van der Waals surface area contributed by atoms with Gasteiger partial charge < -0.3 is 4.74 Å². The standard InChI is InChI=1S/C14H16N2O2/c1-10-7-13(16(2)15-10)14(17)9-11-5-4-6-12(8-11)18-3/h4-8H,9H2,1-3H3. The van der Waals surface area contributed by atoms with Gasteiger partial charge in [-0.05, 0) is 30.7 Å². The van der Waals surface area contributed by atoms with Gasteiger partial charge in [-0.15, -0.1) is 0 Å². The number of ether oxygens (including phenoxy) is 1. The number of hydrogen-bond donors (Lipinski definition) is 0. The van der Waals surface area contributed by atoms with Crippen molar-refractivity contribution in [1.82, 2.24) is 9.78 Å². The highest BCUT2D eigenvalue weighted by Gasteiger charge is 2.12. The molecular formula is C14H16N2O2. The SMILES string of the molecule is COc1cccc(CC(=O)c2cc(C)nn2C)c1. The molecule has 94 valence electrons. The van der Waals surface area contributed by atoms with Crippen LogP contribution >= 0.6 is 0 Å². The summed E-state index contributed by atoms with van der Waals surface area (Å²) in [7, 11) is 3.40. The first-order valence-corrected chi connectivity index (χ1v) is 5.77. The predicted molar refractivity (Wildman–Crippen MR) is 69.0 cm³/mol. The fourth-order valence-corrected chi connectivity index (χ4v) is 1.93. The lowest BCUT2D eigenvalue weighted by Crippen LogP contribution is -2.09. The highest BCUT2D eigenvalue weighted by Crippen LogP contribution is 2.15. The van der Waals surface area contributed by atoms with Gasteiger partial charge in [0.1, 0.15) is 11.4 Å². The van der Waals surface area contributed by atoms with Crippen molar-refractivity contribution in [1.29, 1.82) is 0 Å². The summed E-state index contributed by atoms with van der Waals surface area (Å²) < 4.78 is 6.76. The van der Waals surface area contributed by atoms with Gasteiger partial charge in [0, 0.05) is 13.5 Å². The Bertz CT molecular complexity index is 573. The quantitative estimate of drug-likeness (QED) is 0.774. The Morgan fingerprint density at radius 3 is 2.78 bits per heavy atom. The maximum absolute atomic E-state index is 12.1. The van der Waals surface area contributed by atoms with Crippen LogP contribution in [-0.4, -0.2) is 22.7 Å². The summed E-state index contributed by atoms with van der Waals surface area (Å²) in [5.74, 6) is 0.827. The van der Waals surface area contributed by atoms with Crippen LogP contribution < -0.4 is 4.74 Å².